The lowest BCUT2D eigenvalue weighted by molar-refractivity contribution is -0.130. The van der Waals surface area contributed by atoms with Crippen molar-refractivity contribution in [1.29, 1.82) is 0 Å². The molecule has 0 radical (unpaired) electrons. The maximum absolute atomic E-state index is 13.5. The number of aryl methyl sites for hydroxylation is 1. The summed E-state index contributed by atoms with van der Waals surface area (Å²) in [4.78, 5) is 21.2. The van der Waals surface area contributed by atoms with Crippen LogP contribution in [0.25, 0.3) is 0 Å². The zero-order valence-electron chi connectivity index (χ0n) is 16.3. The third kappa shape index (κ3) is 6.91. The highest BCUT2D eigenvalue weighted by Gasteiger charge is 2.36. The number of hydrogen-bond acceptors (Lipinski definition) is 5. The molecule has 160 valence electrons. The summed E-state index contributed by atoms with van der Waals surface area (Å²) in [6.45, 7) is 3.00. The number of aliphatic imine (C=N–C) groups is 2. The lowest BCUT2D eigenvalue weighted by Gasteiger charge is -2.21. The molecule has 1 fully saturated rings. The zero-order chi connectivity index (χ0) is 21.3. The number of H-pyrrole nitrogens is 1. The van der Waals surface area contributed by atoms with Gasteiger partial charge < -0.3 is 16.0 Å². The molecule has 1 aliphatic rings. The monoisotopic (exact) mass is 413 g/mol. The lowest BCUT2D eigenvalue weighted by Crippen LogP contribution is -2.33. The minimum absolute atomic E-state index is 0.0943. The Balaban J connectivity index is 2.07. The summed E-state index contributed by atoms with van der Waals surface area (Å²) in [6.07, 6.45) is 2.07. The molecule has 0 saturated carbocycles. The maximum atomic E-state index is 13.5. The van der Waals surface area contributed by atoms with Gasteiger partial charge >= 0.3 is 6.18 Å². The summed E-state index contributed by atoms with van der Waals surface area (Å²) in [5.74, 6) is -0.330. The Kier molecular flexibility index (Phi) is 8.22. The summed E-state index contributed by atoms with van der Waals surface area (Å²) in [6, 6.07) is 0. The molecule has 0 unspecified atom stereocenters. The summed E-state index contributed by atoms with van der Waals surface area (Å²) in [5, 5.41) is 9.03. The van der Waals surface area contributed by atoms with Crippen LogP contribution in [-0.4, -0.2) is 59.4 Å². The number of nitrogens with zero attached hydrogens (tertiary/aromatic N) is 4. The van der Waals surface area contributed by atoms with Gasteiger partial charge in [-0.25, -0.2) is 4.99 Å². The highest BCUT2D eigenvalue weighted by molar-refractivity contribution is 5.84. The number of nitrogens with two attached hydrogens (primary N) is 1. The fourth-order valence-corrected chi connectivity index (χ4v) is 2.92. The fourth-order valence-electron chi connectivity index (χ4n) is 2.92. The quantitative estimate of drug-likeness (QED) is 0.345. The Bertz CT molecular complexity index is 768. The van der Waals surface area contributed by atoms with E-state index in [0.717, 1.165) is 25.6 Å². The van der Waals surface area contributed by atoms with E-state index in [1.165, 1.54) is 6.20 Å². The molecule has 0 aliphatic carbocycles. The van der Waals surface area contributed by atoms with Gasteiger partial charge in [0.25, 0.3) is 0 Å². The summed E-state index contributed by atoms with van der Waals surface area (Å²) >= 11 is 0. The molecule has 2 rings (SSSR count). The standard InChI is InChI=1S/C18H26F3N7O/c1-13-15(11-26-27-13)24-10-14(18(19,20)21)17(25-12-22)23-7-5-9-28-8-4-2-3-6-16(28)29/h10-12,23H,2-9H2,1H3,(H2,22,25)(H,26,27)/b17-14+,24-10-. The van der Waals surface area contributed by atoms with Crippen LogP contribution >= 0.6 is 0 Å². The zero-order valence-corrected chi connectivity index (χ0v) is 16.3. The SMILES string of the molecule is Cc1n[nH]cc1\N=C/C(=C(\N=C\N)NCCCN1CCCCCC1=O)C(F)(F)F. The predicted octanol–water partition coefficient (Wildman–Crippen LogP) is 2.56. The number of aromatic amines is 1. The molecule has 2 heterocycles. The van der Waals surface area contributed by atoms with E-state index < -0.39 is 17.6 Å². The van der Waals surface area contributed by atoms with E-state index in [2.05, 4.69) is 25.5 Å². The number of alkyl halides is 3. The number of hydrogen-bond donors (Lipinski definition) is 3. The Morgan fingerprint density at radius 1 is 1.41 bits per heavy atom. The van der Waals surface area contributed by atoms with Crippen LogP contribution in [0.5, 0.6) is 0 Å². The molecule has 8 nitrogen and oxygen atoms in total. The van der Waals surface area contributed by atoms with Crippen molar-refractivity contribution in [3.05, 3.63) is 23.3 Å². The first-order valence-electron chi connectivity index (χ1n) is 9.44. The van der Waals surface area contributed by atoms with Crippen LogP contribution in [0.4, 0.5) is 18.9 Å². The van der Waals surface area contributed by atoms with Crippen molar-refractivity contribution in [2.24, 2.45) is 15.7 Å². The van der Waals surface area contributed by atoms with E-state index in [1.54, 1.807) is 11.8 Å². The van der Waals surface area contributed by atoms with E-state index in [0.29, 0.717) is 43.5 Å². The molecule has 11 heteroatoms. The maximum Gasteiger partial charge on any atom is 0.421 e. The highest BCUT2D eigenvalue weighted by atomic mass is 19.4. The van der Waals surface area contributed by atoms with Crippen LogP contribution in [0.15, 0.2) is 27.6 Å². The third-order valence-corrected chi connectivity index (χ3v) is 4.47. The number of likely N-dealkylation sites (tertiary alicyclic amines) is 1. The van der Waals surface area contributed by atoms with Gasteiger partial charge in [-0.3, -0.25) is 14.9 Å². The lowest BCUT2D eigenvalue weighted by atomic mass is 10.2. The first kappa shape index (κ1) is 22.4. The second-order valence-corrected chi connectivity index (χ2v) is 6.62. The van der Waals surface area contributed by atoms with Crippen molar-refractivity contribution in [3.8, 4) is 0 Å². The number of amides is 1. The number of halogens is 3. The number of nitrogens with one attached hydrogen (secondary N) is 2. The fraction of sp³-hybridized carbons (Fsp3) is 0.556. The Morgan fingerprint density at radius 2 is 2.21 bits per heavy atom. The molecular weight excluding hydrogens is 387 g/mol. The topological polar surface area (TPSA) is 112 Å². The van der Waals surface area contributed by atoms with Gasteiger partial charge in [-0.1, -0.05) is 6.42 Å². The van der Waals surface area contributed by atoms with Crippen LogP contribution in [0, 0.1) is 6.92 Å². The molecule has 1 aliphatic heterocycles. The van der Waals surface area contributed by atoms with Crippen LogP contribution < -0.4 is 11.1 Å². The summed E-state index contributed by atoms with van der Waals surface area (Å²) in [5.41, 5.74) is 4.95. The number of allylic oxidation sites excluding steroid dienone is 1. The van der Waals surface area contributed by atoms with Crippen molar-refractivity contribution < 1.29 is 18.0 Å². The first-order valence-corrected chi connectivity index (χ1v) is 9.44. The van der Waals surface area contributed by atoms with Gasteiger partial charge in [0, 0.05) is 38.5 Å². The van der Waals surface area contributed by atoms with Gasteiger partial charge in [-0.15, -0.1) is 0 Å². The average Bonchev–Trinajstić information content (AvgIpc) is 2.95. The van der Waals surface area contributed by atoms with Gasteiger partial charge in [0.1, 0.15) is 17.1 Å². The van der Waals surface area contributed by atoms with Gasteiger partial charge in [-0.05, 0) is 26.2 Å². The highest BCUT2D eigenvalue weighted by Crippen LogP contribution is 2.28. The Hall–Kier alpha value is -2.85. The Labute approximate surface area is 167 Å². The minimum atomic E-state index is -4.68. The smallest absolute Gasteiger partial charge is 0.390 e. The predicted molar refractivity (Wildman–Crippen MR) is 105 cm³/mol. The Morgan fingerprint density at radius 3 is 2.86 bits per heavy atom. The van der Waals surface area contributed by atoms with Gasteiger partial charge in [0.15, 0.2) is 0 Å². The molecule has 1 aromatic rings. The van der Waals surface area contributed by atoms with E-state index in [1.807, 2.05) is 0 Å². The van der Waals surface area contributed by atoms with Crippen molar-refractivity contribution in [2.75, 3.05) is 19.6 Å². The molecule has 29 heavy (non-hydrogen) atoms. The van der Waals surface area contributed by atoms with Crippen molar-refractivity contribution >= 4 is 24.1 Å². The molecule has 4 N–H and O–H groups in total. The molecule has 1 saturated heterocycles. The van der Waals surface area contributed by atoms with Crippen molar-refractivity contribution in [3.63, 3.8) is 0 Å². The molecular formula is C18H26F3N7O. The van der Waals surface area contributed by atoms with Crippen molar-refractivity contribution in [2.45, 2.75) is 45.2 Å². The average molecular weight is 413 g/mol. The number of rotatable bonds is 8. The van der Waals surface area contributed by atoms with Gasteiger partial charge in [0.2, 0.25) is 5.91 Å². The molecule has 0 bridgehead atoms. The van der Waals surface area contributed by atoms with Crippen LogP contribution in [0.2, 0.25) is 0 Å². The molecule has 0 spiro atoms. The largest absolute Gasteiger partial charge is 0.421 e. The number of carbonyl (C=O) groups excluding carboxylic acids is 1. The van der Waals surface area contributed by atoms with Gasteiger partial charge in [0.05, 0.1) is 12.0 Å². The summed E-state index contributed by atoms with van der Waals surface area (Å²) in [7, 11) is 0. The van der Waals surface area contributed by atoms with Crippen LogP contribution in [0.3, 0.4) is 0 Å². The van der Waals surface area contributed by atoms with E-state index in [9.17, 15) is 18.0 Å². The number of carbonyl (C=O) groups is 1. The first-order chi connectivity index (χ1) is 13.8. The molecule has 0 atom stereocenters. The molecule has 1 aromatic heterocycles. The van der Waals surface area contributed by atoms with E-state index in [-0.39, 0.29) is 12.5 Å². The third-order valence-electron chi connectivity index (χ3n) is 4.47. The second-order valence-electron chi connectivity index (χ2n) is 6.62. The van der Waals surface area contributed by atoms with E-state index >= 15 is 0 Å². The second kappa shape index (κ2) is 10.6. The van der Waals surface area contributed by atoms with Crippen LogP contribution in [-0.2, 0) is 4.79 Å². The van der Waals surface area contributed by atoms with E-state index in [4.69, 9.17) is 5.73 Å². The number of aromatic nitrogens is 2. The molecule has 0 aromatic carbocycles. The van der Waals surface area contributed by atoms with Gasteiger partial charge in [-0.2, -0.15) is 18.3 Å². The normalized spacial score (nSPS) is 17.1. The molecule has 1 amide bonds. The minimum Gasteiger partial charge on any atom is -0.390 e. The summed E-state index contributed by atoms with van der Waals surface area (Å²) < 4.78 is 40.6. The van der Waals surface area contributed by atoms with Crippen molar-refractivity contribution in [1.82, 2.24) is 20.4 Å². The van der Waals surface area contributed by atoms with Crippen LogP contribution in [0.1, 0.15) is 37.8 Å².